The number of nitrogens with zero attached hydrogens (tertiary/aromatic N) is 2. The lowest BCUT2D eigenvalue weighted by molar-refractivity contribution is 0.169. The van der Waals surface area contributed by atoms with Crippen LogP contribution >= 0.6 is 0 Å². The molecule has 1 fully saturated rings. The lowest BCUT2D eigenvalue weighted by Crippen LogP contribution is -2.41. The summed E-state index contributed by atoms with van der Waals surface area (Å²) in [4.78, 5) is 16.4. The van der Waals surface area contributed by atoms with Gasteiger partial charge in [0.05, 0.1) is 22.9 Å². The van der Waals surface area contributed by atoms with Crippen molar-refractivity contribution in [2.45, 2.75) is 30.3 Å². The van der Waals surface area contributed by atoms with Crippen LogP contribution in [-0.4, -0.2) is 69.7 Å². The maximum atomic E-state index is 13.2. The number of carbonyl (C=O) groups excluding carboxylic acids is 1. The fourth-order valence-corrected chi connectivity index (χ4v) is 7.40. The van der Waals surface area contributed by atoms with Gasteiger partial charge in [0.1, 0.15) is 5.82 Å². The van der Waals surface area contributed by atoms with Gasteiger partial charge in [-0.15, -0.1) is 0 Å². The second kappa shape index (κ2) is 13.4. The Kier molecular flexibility index (Phi) is 9.65. The Morgan fingerprint density at radius 3 is 2.48 bits per heavy atom. The van der Waals surface area contributed by atoms with E-state index in [1.54, 1.807) is 42.6 Å². The monoisotopic (exact) mass is 640 g/mol. The van der Waals surface area contributed by atoms with E-state index in [1.165, 1.54) is 16.4 Å². The number of fused-ring (bicyclic) bond motifs is 1. The summed E-state index contributed by atoms with van der Waals surface area (Å²) in [5, 5.41) is 19.4. The number of aromatic nitrogens is 1. The normalized spacial score (nSPS) is 16.3. The minimum atomic E-state index is -3.69. The zero-order chi connectivity index (χ0) is 31.3. The highest BCUT2D eigenvalue weighted by molar-refractivity contribution is 7.92. The van der Waals surface area contributed by atoms with Crippen LogP contribution in [0.5, 0.6) is 0 Å². The summed E-state index contributed by atoms with van der Waals surface area (Å²) in [6.07, 6.45) is 7.67. The van der Waals surface area contributed by atoms with Crippen molar-refractivity contribution >= 4 is 49.3 Å². The van der Waals surface area contributed by atoms with Crippen LogP contribution in [0.1, 0.15) is 35.6 Å². The molecule has 234 valence electrons. The number of amides is 2. The van der Waals surface area contributed by atoms with Gasteiger partial charge in [-0.25, -0.2) is 26.6 Å². The second-order valence-corrected chi connectivity index (χ2v) is 14.6. The first kappa shape index (κ1) is 31.6. The van der Waals surface area contributed by atoms with Crippen molar-refractivity contribution in [2.75, 3.05) is 47.8 Å². The van der Waals surface area contributed by atoms with Gasteiger partial charge >= 0.3 is 6.03 Å². The lowest BCUT2D eigenvalue weighted by Gasteiger charge is -2.31. The Labute approximate surface area is 257 Å². The minimum Gasteiger partial charge on any atom is -0.387 e. The number of aliphatic hydroxyl groups is 1. The number of hydrogen-bond donors (Lipinski definition) is 5. The first-order chi connectivity index (χ1) is 21.0. The molecule has 0 unspecified atom stereocenters. The molecule has 5 rings (SSSR count). The van der Waals surface area contributed by atoms with E-state index in [9.17, 15) is 26.7 Å². The van der Waals surface area contributed by atoms with Gasteiger partial charge in [-0.05, 0) is 96.9 Å². The zero-order valence-corrected chi connectivity index (χ0v) is 25.9. The van der Waals surface area contributed by atoms with E-state index in [-0.39, 0.29) is 17.4 Å². The van der Waals surface area contributed by atoms with Crippen molar-refractivity contribution in [2.24, 2.45) is 5.92 Å². The van der Waals surface area contributed by atoms with Gasteiger partial charge in [0.25, 0.3) is 0 Å². The van der Waals surface area contributed by atoms with E-state index in [2.05, 4.69) is 25.7 Å². The van der Waals surface area contributed by atoms with Gasteiger partial charge in [-0.2, -0.15) is 4.31 Å². The summed E-state index contributed by atoms with van der Waals surface area (Å²) in [6.45, 7) is 1.65. The molecular weight excluding hydrogens is 605 g/mol. The van der Waals surface area contributed by atoms with E-state index in [1.807, 2.05) is 18.2 Å². The molecule has 14 heteroatoms. The topological polar surface area (TPSA) is 170 Å². The number of sulfonamides is 2. The number of hydrogen-bond acceptors (Lipinski definition) is 8. The van der Waals surface area contributed by atoms with Crippen molar-refractivity contribution in [3.8, 4) is 0 Å². The van der Waals surface area contributed by atoms with Crippen LogP contribution in [0.4, 0.5) is 22.0 Å². The molecule has 12 nitrogen and oxygen atoms in total. The Morgan fingerprint density at radius 1 is 1.05 bits per heavy atom. The van der Waals surface area contributed by atoms with E-state index < -0.39 is 32.2 Å². The molecule has 5 N–H and O–H groups in total. The predicted octanol–water partition coefficient (Wildman–Crippen LogP) is 3.39. The smallest absolute Gasteiger partial charge is 0.324 e. The first-order valence-corrected chi connectivity index (χ1v) is 17.6. The van der Waals surface area contributed by atoms with Gasteiger partial charge < -0.3 is 15.7 Å². The van der Waals surface area contributed by atoms with Crippen molar-refractivity contribution < 1.29 is 26.7 Å². The van der Waals surface area contributed by atoms with Crippen molar-refractivity contribution in [3.05, 3.63) is 83.6 Å². The highest BCUT2D eigenvalue weighted by Crippen LogP contribution is 2.32. The summed E-state index contributed by atoms with van der Waals surface area (Å²) in [5.74, 6) is 0.636. The average molecular weight is 641 g/mol. The molecule has 1 aliphatic heterocycles. The minimum absolute atomic E-state index is 0.154. The third-order valence-electron chi connectivity index (χ3n) is 7.61. The Morgan fingerprint density at radius 2 is 1.80 bits per heavy atom. The number of piperidine rings is 1. The Balaban J connectivity index is 1.09. The van der Waals surface area contributed by atoms with Gasteiger partial charge in [0, 0.05) is 31.5 Å². The third kappa shape index (κ3) is 8.01. The average Bonchev–Trinajstić information content (AvgIpc) is 3.47. The molecule has 3 aromatic rings. The molecule has 1 aliphatic carbocycles. The summed E-state index contributed by atoms with van der Waals surface area (Å²) in [7, 11) is -7.15. The Bertz CT molecular complexity index is 1720. The zero-order valence-electron chi connectivity index (χ0n) is 24.2. The van der Waals surface area contributed by atoms with Crippen LogP contribution < -0.4 is 20.7 Å². The molecule has 2 heterocycles. The van der Waals surface area contributed by atoms with Crippen LogP contribution in [-0.2, 0) is 26.5 Å². The molecule has 0 bridgehead atoms. The van der Waals surface area contributed by atoms with Gasteiger partial charge in [-0.3, -0.25) is 10.0 Å². The van der Waals surface area contributed by atoms with Crippen molar-refractivity contribution in [1.29, 1.82) is 0 Å². The third-order valence-corrected chi connectivity index (χ3v) is 10.1. The molecule has 0 saturated carbocycles. The number of urea groups is 1. The first-order valence-electron chi connectivity index (χ1n) is 14.3. The molecular formula is C30H36N6O6S2. The molecule has 0 spiro atoms. The standard InChI is InChI=1S/C30H36N6O6S2/c1-43(39,40)35-27-18-23(17-22-5-4-6-26(22)27)28(37)20-31-19-21-12-15-36(16-13-21)44(41,42)25-10-8-24(9-11-25)33-30(38)34-29-7-2-3-14-32-29/h2-5,7-11,14,17-18,21,28,31,35,37H,6,12-13,15-16,19-20H2,1H3,(H2,32,33,34,38)/t28-/m0/s1. The molecule has 2 aromatic carbocycles. The van der Waals surface area contributed by atoms with Crippen molar-refractivity contribution in [3.63, 3.8) is 0 Å². The maximum absolute atomic E-state index is 13.2. The number of carbonyl (C=O) groups is 1. The fourth-order valence-electron chi connectivity index (χ4n) is 5.35. The van der Waals surface area contributed by atoms with Crippen LogP contribution in [0, 0.1) is 5.92 Å². The summed E-state index contributed by atoms with van der Waals surface area (Å²) < 4.78 is 54.2. The molecule has 44 heavy (non-hydrogen) atoms. The number of pyridine rings is 1. The number of benzene rings is 2. The van der Waals surface area contributed by atoms with E-state index >= 15 is 0 Å². The largest absolute Gasteiger partial charge is 0.387 e. The van der Waals surface area contributed by atoms with Crippen LogP contribution in [0.15, 0.2) is 71.8 Å². The van der Waals surface area contributed by atoms with Crippen LogP contribution in [0.2, 0.25) is 0 Å². The quantitative estimate of drug-likeness (QED) is 0.212. The molecule has 0 radical (unpaired) electrons. The van der Waals surface area contributed by atoms with E-state index in [0.717, 1.165) is 17.4 Å². The van der Waals surface area contributed by atoms with Gasteiger partial charge in [-0.1, -0.05) is 18.2 Å². The number of allylic oxidation sites excluding steroid dienone is 1. The number of aliphatic hydroxyl groups excluding tert-OH is 1. The lowest BCUT2D eigenvalue weighted by atomic mass is 9.97. The summed E-state index contributed by atoms with van der Waals surface area (Å²) in [5.41, 5.74) is 3.32. The molecule has 1 atom stereocenters. The molecule has 2 aliphatic rings. The molecule has 1 aromatic heterocycles. The SMILES string of the molecule is CS(=O)(=O)Nc1cc([C@@H](O)CNCC2CCN(S(=O)(=O)c3ccc(NC(=O)Nc4ccccn4)cc3)CC2)cc2c1CC=C2. The fraction of sp³-hybridized carbons (Fsp3) is 0.333. The predicted molar refractivity (Wildman–Crippen MR) is 170 cm³/mol. The van der Waals surface area contributed by atoms with Crippen molar-refractivity contribution in [1.82, 2.24) is 14.6 Å². The number of anilines is 3. The number of nitrogens with one attached hydrogen (secondary N) is 4. The van der Waals surface area contributed by atoms with Gasteiger partial charge in [0.2, 0.25) is 20.0 Å². The Hall–Kier alpha value is -3.82. The molecule has 1 saturated heterocycles. The van der Waals surface area contributed by atoms with Gasteiger partial charge in [0.15, 0.2) is 0 Å². The highest BCUT2D eigenvalue weighted by Gasteiger charge is 2.29. The van der Waals surface area contributed by atoms with Crippen LogP contribution in [0.25, 0.3) is 6.08 Å². The van der Waals surface area contributed by atoms with E-state index in [4.69, 9.17) is 0 Å². The summed E-state index contributed by atoms with van der Waals surface area (Å²) in [6, 6.07) is 14.3. The highest BCUT2D eigenvalue weighted by atomic mass is 32.2. The second-order valence-electron chi connectivity index (χ2n) is 11.0. The molecule has 2 amide bonds. The van der Waals surface area contributed by atoms with E-state index in [0.29, 0.717) is 61.7 Å². The summed E-state index contributed by atoms with van der Waals surface area (Å²) >= 11 is 0. The maximum Gasteiger partial charge on any atom is 0.324 e. The number of rotatable bonds is 11. The van der Waals surface area contributed by atoms with Crippen LogP contribution in [0.3, 0.4) is 0 Å².